The molecule has 19 heavy (non-hydrogen) atoms. The summed E-state index contributed by atoms with van der Waals surface area (Å²) in [7, 11) is 0. The maximum absolute atomic E-state index is 5.74. The van der Waals surface area contributed by atoms with Gasteiger partial charge in [-0.2, -0.15) is 0 Å². The predicted octanol–water partition coefficient (Wildman–Crippen LogP) is 0.904. The normalized spacial score (nSPS) is 10.6. The van der Waals surface area contributed by atoms with Crippen molar-refractivity contribution >= 4 is 11.6 Å². The third-order valence-corrected chi connectivity index (χ3v) is 2.46. The summed E-state index contributed by atoms with van der Waals surface area (Å²) in [5.41, 5.74) is 5.74. The molecule has 0 unspecified atom stereocenters. The van der Waals surface area contributed by atoms with Gasteiger partial charge in [-0.3, -0.25) is 0 Å². The van der Waals surface area contributed by atoms with Crippen LogP contribution < -0.4 is 11.1 Å². The Kier molecular flexibility index (Phi) is 4.68. The number of nitrogen functional groups attached to an aromatic ring is 1. The van der Waals surface area contributed by atoms with E-state index in [9.17, 15) is 0 Å². The number of rotatable bonds is 7. The summed E-state index contributed by atoms with van der Waals surface area (Å²) in [4.78, 5) is 12.4. The zero-order valence-electron chi connectivity index (χ0n) is 10.9. The van der Waals surface area contributed by atoms with Crippen LogP contribution in [0.3, 0.4) is 0 Å². The van der Waals surface area contributed by atoms with Crippen molar-refractivity contribution in [2.75, 3.05) is 24.2 Å². The minimum atomic E-state index is 0.373. The third-order valence-electron chi connectivity index (χ3n) is 2.46. The Morgan fingerprint density at radius 1 is 1.42 bits per heavy atom. The van der Waals surface area contributed by atoms with E-state index in [1.807, 2.05) is 17.7 Å². The van der Waals surface area contributed by atoms with E-state index in [1.54, 1.807) is 18.6 Å². The Bertz CT molecular complexity index is 499. The Hall–Kier alpha value is -2.15. The van der Waals surface area contributed by atoms with Crippen molar-refractivity contribution in [1.29, 1.82) is 0 Å². The molecule has 2 rings (SSSR count). The fourth-order valence-corrected chi connectivity index (χ4v) is 1.60. The summed E-state index contributed by atoms with van der Waals surface area (Å²) in [5.74, 6) is 1.74. The molecule has 0 saturated carbocycles. The highest BCUT2D eigenvalue weighted by Gasteiger charge is 2.02. The Balaban J connectivity index is 1.90. The molecule has 0 amide bonds. The summed E-state index contributed by atoms with van der Waals surface area (Å²) in [6.07, 6.45) is 5.44. The fourth-order valence-electron chi connectivity index (χ4n) is 1.60. The molecule has 2 aromatic rings. The maximum Gasteiger partial charge on any atom is 0.158 e. The van der Waals surface area contributed by atoms with Gasteiger partial charge in [0.05, 0.1) is 6.33 Å². The lowest BCUT2D eigenvalue weighted by molar-refractivity contribution is 0.128. The van der Waals surface area contributed by atoms with Crippen LogP contribution >= 0.6 is 0 Å². The quantitative estimate of drug-likeness (QED) is 0.770. The maximum atomic E-state index is 5.74. The number of nitrogens with one attached hydrogen (secondary N) is 1. The minimum Gasteiger partial charge on any atom is -0.384 e. The Morgan fingerprint density at radius 2 is 2.32 bits per heavy atom. The van der Waals surface area contributed by atoms with E-state index in [2.05, 4.69) is 20.3 Å². The summed E-state index contributed by atoms with van der Waals surface area (Å²) >= 11 is 0. The summed E-state index contributed by atoms with van der Waals surface area (Å²) in [6, 6.07) is 1.71. The molecule has 0 fully saturated rings. The van der Waals surface area contributed by atoms with E-state index >= 15 is 0 Å². The molecular weight excluding hydrogens is 244 g/mol. The zero-order chi connectivity index (χ0) is 13.5. The summed E-state index contributed by atoms with van der Waals surface area (Å²) in [6.45, 7) is 4.47. The van der Waals surface area contributed by atoms with Crippen LogP contribution in [0.25, 0.3) is 0 Å². The van der Waals surface area contributed by atoms with Crippen LogP contribution in [0, 0.1) is 0 Å². The second-order valence-corrected chi connectivity index (χ2v) is 3.96. The van der Waals surface area contributed by atoms with Gasteiger partial charge in [0.25, 0.3) is 0 Å². The molecule has 0 spiro atoms. The van der Waals surface area contributed by atoms with E-state index in [0.29, 0.717) is 30.7 Å². The van der Waals surface area contributed by atoms with E-state index in [0.717, 1.165) is 13.1 Å². The standard InChI is InChI=1S/C12H18N6O/c1-2-19-8-12-16-10(13)7-11(17-12)15-4-6-18-5-3-14-9-18/h3,5,7,9H,2,4,6,8H2,1H3,(H3,13,15,16,17). The first-order chi connectivity index (χ1) is 9.28. The molecule has 102 valence electrons. The highest BCUT2D eigenvalue weighted by Crippen LogP contribution is 2.09. The SMILES string of the molecule is CCOCc1nc(N)cc(NCCn2ccnc2)n1. The van der Waals surface area contributed by atoms with Gasteiger partial charge >= 0.3 is 0 Å². The summed E-state index contributed by atoms with van der Waals surface area (Å²) in [5, 5.41) is 3.21. The molecule has 2 heterocycles. The van der Waals surface area contributed by atoms with Crippen molar-refractivity contribution in [3.05, 3.63) is 30.6 Å². The molecule has 2 aromatic heterocycles. The number of imidazole rings is 1. The van der Waals surface area contributed by atoms with Crippen LogP contribution in [0.15, 0.2) is 24.8 Å². The van der Waals surface area contributed by atoms with Crippen LogP contribution in [0.1, 0.15) is 12.7 Å². The van der Waals surface area contributed by atoms with E-state index in [4.69, 9.17) is 10.5 Å². The number of aromatic nitrogens is 4. The van der Waals surface area contributed by atoms with Crippen LogP contribution in [0.5, 0.6) is 0 Å². The van der Waals surface area contributed by atoms with Gasteiger partial charge in [0.15, 0.2) is 5.82 Å². The number of ether oxygens (including phenoxy) is 1. The number of nitrogens with zero attached hydrogens (tertiary/aromatic N) is 4. The lowest BCUT2D eigenvalue weighted by Gasteiger charge is -2.08. The monoisotopic (exact) mass is 262 g/mol. The number of anilines is 2. The molecular formula is C12H18N6O. The highest BCUT2D eigenvalue weighted by atomic mass is 16.5. The van der Waals surface area contributed by atoms with Gasteiger partial charge in [-0.15, -0.1) is 0 Å². The second-order valence-electron chi connectivity index (χ2n) is 3.96. The Morgan fingerprint density at radius 3 is 3.05 bits per heavy atom. The number of nitrogens with two attached hydrogens (primary N) is 1. The molecule has 0 aliphatic heterocycles. The van der Waals surface area contributed by atoms with E-state index in [-0.39, 0.29) is 0 Å². The number of hydrogen-bond acceptors (Lipinski definition) is 6. The second kappa shape index (κ2) is 6.69. The molecule has 0 bridgehead atoms. The average Bonchev–Trinajstić information content (AvgIpc) is 2.89. The lowest BCUT2D eigenvalue weighted by atomic mass is 10.4. The molecule has 0 atom stereocenters. The van der Waals surface area contributed by atoms with E-state index in [1.165, 1.54) is 0 Å². The molecule has 3 N–H and O–H groups in total. The molecule has 0 aromatic carbocycles. The van der Waals surface area contributed by atoms with Gasteiger partial charge in [-0.1, -0.05) is 0 Å². The molecule has 0 aliphatic carbocycles. The smallest absolute Gasteiger partial charge is 0.158 e. The van der Waals surface area contributed by atoms with Gasteiger partial charge in [-0.25, -0.2) is 15.0 Å². The van der Waals surface area contributed by atoms with E-state index < -0.39 is 0 Å². The first-order valence-electron chi connectivity index (χ1n) is 6.18. The molecule has 0 radical (unpaired) electrons. The van der Waals surface area contributed by atoms with Crippen LogP contribution in [0.4, 0.5) is 11.6 Å². The minimum absolute atomic E-state index is 0.373. The predicted molar refractivity (Wildman–Crippen MR) is 72.5 cm³/mol. The first kappa shape index (κ1) is 13.3. The van der Waals surface area contributed by atoms with Crippen molar-refractivity contribution < 1.29 is 4.74 Å². The lowest BCUT2D eigenvalue weighted by Crippen LogP contribution is -2.12. The zero-order valence-corrected chi connectivity index (χ0v) is 10.9. The molecule has 7 heteroatoms. The van der Waals surface area contributed by atoms with Crippen molar-refractivity contribution in [1.82, 2.24) is 19.5 Å². The van der Waals surface area contributed by atoms with Crippen LogP contribution in [-0.2, 0) is 17.9 Å². The van der Waals surface area contributed by atoms with Crippen molar-refractivity contribution in [3.63, 3.8) is 0 Å². The van der Waals surface area contributed by atoms with Gasteiger partial charge < -0.3 is 20.4 Å². The molecule has 0 saturated heterocycles. The van der Waals surface area contributed by atoms with Gasteiger partial charge in [0.1, 0.15) is 18.2 Å². The topological polar surface area (TPSA) is 90.9 Å². The summed E-state index contributed by atoms with van der Waals surface area (Å²) < 4.78 is 7.26. The largest absolute Gasteiger partial charge is 0.384 e. The Labute approximate surface area is 111 Å². The highest BCUT2D eigenvalue weighted by molar-refractivity contribution is 5.44. The first-order valence-corrected chi connectivity index (χ1v) is 6.18. The third kappa shape index (κ3) is 4.22. The van der Waals surface area contributed by atoms with Gasteiger partial charge in [0, 0.05) is 38.2 Å². The van der Waals surface area contributed by atoms with Gasteiger partial charge in [-0.05, 0) is 6.92 Å². The molecule has 0 aliphatic rings. The average molecular weight is 262 g/mol. The van der Waals surface area contributed by atoms with Crippen LogP contribution in [-0.4, -0.2) is 32.7 Å². The van der Waals surface area contributed by atoms with Gasteiger partial charge in [0.2, 0.25) is 0 Å². The van der Waals surface area contributed by atoms with Crippen molar-refractivity contribution in [2.45, 2.75) is 20.1 Å². The number of hydrogen-bond donors (Lipinski definition) is 2. The van der Waals surface area contributed by atoms with Crippen LogP contribution in [0.2, 0.25) is 0 Å². The van der Waals surface area contributed by atoms with Crippen molar-refractivity contribution in [3.8, 4) is 0 Å². The van der Waals surface area contributed by atoms with Crippen molar-refractivity contribution in [2.24, 2.45) is 0 Å². The molecule has 7 nitrogen and oxygen atoms in total. The fraction of sp³-hybridized carbons (Fsp3) is 0.417.